The standard InChI is InChI=1S/C19H27N5O/c1-13(2)15-8-10-16(11-9-15)19-21-23-24(22-19)12-18(25)20-17-7-5-4-6-14(17)3/h8-11,13-14,17H,4-7,12H2,1-3H3,(H,20,25)/t14-,17+/m1/s1. The Morgan fingerprint density at radius 3 is 2.64 bits per heavy atom. The number of benzene rings is 1. The number of nitrogens with zero attached hydrogens (tertiary/aromatic N) is 4. The summed E-state index contributed by atoms with van der Waals surface area (Å²) in [5.41, 5.74) is 2.19. The molecule has 0 radical (unpaired) electrons. The van der Waals surface area contributed by atoms with E-state index in [0.717, 1.165) is 12.0 Å². The molecule has 1 N–H and O–H groups in total. The fraction of sp³-hybridized carbons (Fsp3) is 0.579. The molecule has 0 aliphatic heterocycles. The molecule has 134 valence electrons. The van der Waals surface area contributed by atoms with E-state index in [0.29, 0.717) is 17.7 Å². The maximum atomic E-state index is 12.3. The van der Waals surface area contributed by atoms with E-state index in [4.69, 9.17) is 0 Å². The summed E-state index contributed by atoms with van der Waals surface area (Å²) in [5, 5.41) is 15.6. The molecule has 2 aromatic rings. The van der Waals surface area contributed by atoms with Crippen LogP contribution in [0.4, 0.5) is 0 Å². The topological polar surface area (TPSA) is 72.7 Å². The van der Waals surface area contributed by atoms with Crippen LogP contribution >= 0.6 is 0 Å². The zero-order chi connectivity index (χ0) is 17.8. The van der Waals surface area contributed by atoms with Gasteiger partial charge in [0.25, 0.3) is 0 Å². The highest BCUT2D eigenvalue weighted by atomic mass is 16.2. The molecule has 6 nitrogen and oxygen atoms in total. The van der Waals surface area contributed by atoms with E-state index in [1.807, 2.05) is 12.1 Å². The second-order valence-corrected chi connectivity index (χ2v) is 7.36. The van der Waals surface area contributed by atoms with Crippen LogP contribution in [-0.4, -0.2) is 32.2 Å². The molecule has 0 unspecified atom stereocenters. The van der Waals surface area contributed by atoms with E-state index in [2.05, 4.69) is 53.6 Å². The quantitative estimate of drug-likeness (QED) is 0.907. The van der Waals surface area contributed by atoms with Gasteiger partial charge in [-0.25, -0.2) is 0 Å². The fourth-order valence-electron chi connectivity index (χ4n) is 3.35. The number of hydrogen-bond acceptors (Lipinski definition) is 4. The molecule has 1 saturated carbocycles. The molecular formula is C19H27N5O. The van der Waals surface area contributed by atoms with Crippen molar-refractivity contribution < 1.29 is 4.79 Å². The average Bonchev–Trinajstić information content (AvgIpc) is 3.05. The minimum Gasteiger partial charge on any atom is -0.351 e. The van der Waals surface area contributed by atoms with Crippen LogP contribution in [0.15, 0.2) is 24.3 Å². The van der Waals surface area contributed by atoms with Crippen molar-refractivity contribution in [3.63, 3.8) is 0 Å². The van der Waals surface area contributed by atoms with Gasteiger partial charge in [0.1, 0.15) is 6.54 Å². The number of nitrogens with one attached hydrogen (secondary N) is 1. The number of amides is 1. The molecule has 0 bridgehead atoms. The summed E-state index contributed by atoms with van der Waals surface area (Å²) in [4.78, 5) is 13.6. The Morgan fingerprint density at radius 1 is 1.24 bits per heavy atom. The van der Waals surface area contributed by atoms with E-state index in [1.54, 1.807) is 0 Å². The summed E-state index contributed by atoms with van der Waals surface area (Å²) in [7, 11) is 0. The lowest BCUT2D eigenvalue weighted by Gasteiger charge is -2.29. The molecule has 3 rings (SSSR count). The summed E-state index contributed by atoms with van der Waals surface area (Å²) in [6.45, 7) is 6.64. The van der Waals surface area contributed by atoms with Gasteiger partial charge >= 0.3 is 0 Å². The van der Waals surface area contributed by atoms with Crippen LogP contribution in [0.1, 0.15) is 57.9 Å². The van der Waals surface area contributed by atoms with Crippen molar-refractivity contribution in [2.24, 2.45) is 5.92 Å². The van der Waals surface area contributed by atoms with Gasteiger partial charge in [0.2, 0.25) is 11.7 Å². The summed E-state index contributed by atoms with van der Waals surface area (Å²) in [5.74, 6) is 1.53. The lowest BCUT2D eigenvalue weighted by Crippen LogP contribution is -2.42. The second-order valence-electron chi connectivity index (χ2n) is 7.36. The van der Waals surface area contributed by atoms with Crippen molar-refractivity contribution in [2.75, 3.05) is 0 Å². The Hall–Kier alpha value is -2.24. The van der Waals surface area contributed by atoms with Crippen LogP contribution in [0, 0.1) is 5.92 Å². The molecule has 1 aromatic carbocycles. The van der Waals surface area contributed by atoms with Crippen molar-refractivity contribution in [1.82, 2.24) is 25.5 Å². The van der Waals surface area contributed by atoms with E-state index in [9.17, 15) is 4.79 Å². The van der Waals surface area contributed by atoms with Gasteiger partial charge in [0.05, 0.1) is 0 Å². The molecule has 0 saturated heterocycles. The van der Waals surface area contributed by atoms with E-state index >= 15 is 0 Å². The summed E-state index contributed by atoms with van der Waals surface area (Å²) in [6.07, 6.45) is 4.69. The Bertz CT molecular complexity index is 707. The Balaban J connectivity index is 1.60. The molecule has 1 aromatic heterocycles. The third kappa shape index (κ3) is 4.44. The predicted octanol–water partition coefficient (Wildman–Crippen LogP) is 3.16. The highest BCUT2D eigenvalue weighted by Crippen LogP contribution is 2.23. The zero-order valence-electron chi connectivity index (χ0n) is 15.3. The molecule has 25 heavy (non-hydrogen) atoms. The smallest absolute Gasteiger partial charge is 0.243 e. The first-order valence-electron chi connectivity index (χ1n) is 9.20. The highest BCUT2D eigenvalue weighted by molar-refractivity contribution is 5.75. The minimum atomic E-state index is -0.0437. The van der Waals surface area contributed by atoms with Crippen LogP contribution in [0.3, 0.4) is 0 Å². The van der Waals surface area contributed by atoms with Gasteiger partial charge in [-0.1, -0.05) is 57.9 Å². The molecule has 1 aliphatic carbocycles. The van der Waals surface area contributed by atoms with Crippen molar-refractivity contribution in [3.8, 4) is 11.4 Å². The lowest BCUT2D eigenvalue weighted by molar-refractivity contribution is -0.123. The molecule has 0 spiro atoms. The zero-order valence-corrected chi connectivity index (χ0v) is 15.3. The van der Waals surface area contributed by atoms with E-state index in [-0.39, 0.29) is 18.5 Å². The molecule has 6 heteroatoms. The molecular weight excluding hydrogens is 314 g/mol. The monoisotopic (exact) mass is 341 g/mol. The summed E-state index contributed by atoms with van der Waals surface area (Å²) >= 11 is 0. The number of tetrazole rings is 1. The highest BCUT2D eigenvalue weighted by Gasteiger charge is 2.23. The molecule has 1 heterocycles. The number of hydrogen-bond donors (Lipinski definition) is 1. The van der Waals surface area contributed by atoms with Crippen LogP contribution < -0.4 is 5.32 Å². The molecule has 1 aliphatic rings. The third-order valence-corrected chi connectivity index (χ3v) is 5.03. The predicted molar refractivity (Wildman–Crippen MR) is 96.9 cm³/mol. The molecule has 1 amide bonds. The van der Waals surface area contributed by atoms with Crippen LogP contribution in [0.5, 0.6) is 0 Å². The van der Waals surface area contributed by atoms with Gasteiger partial charge in [0.15, 0.2) is 0 Å². The normalized spacial score (nSPS) is 20.6. The molecule has 2 atom stereocenters. The third-order valence-electron chi connectivity index (χ3n) is 5.03. The first kappa shape index (κ1) is 17.6. The number of carbonyl (C=O) groups is 1. The Labute approximate surface area is 149 Å². The van der Waals surface area contributed by atoms with E-state index < -0.39 is 0 Å². The van der Waals surface area contributed by atoms with Crippen molar-refractivity contribution >= 4 is 5.91 Å². The second kappa shape index (κ2) is 7.76. The van der Waals surface area contributed by atoms with Gasteiger partial charge in [-0.05, 0) is 35.5 Å². The van der Waals surface area contributed by atoms with Crippen molar-refractivity contribution in [3.05, 3.63) is 29.8 Å². The maximum Gasteiger partial charge on any atom is 0.243 e. The van der Waals surface area contributed by atoms with Gasteiger partial charge in [-0.2, -0.15) is 4.80 Å². The van der Waals surface area contributed by atoms with Gasteiger partial charge in [-0.15, -0.1) is 10.2 Å². The minimum absolute atomic E-state index is 0.0437. The first-order valence-corrected chi connectivity index (χ1v) is 9.20. The fourth-order valence-corrected chi connectivity index (χ4v) is 3.35. The van der Waals surface area contributed by atoms with Gasteiger partial charge in [0, 0.05) is 11.6 Å². The molecule has 1 fully saturated rings. The Morgan fingerprint density at radius 2 is 1.96 bits per heavy atom. The average molecular weight is 341 g/mol. The van der Waals surface area contributed by atoms with Crippen molar-refractivity contribution in [1.29, 1.82) is 0 Å². The van der Waals surface area contributed by atoms with Crippen LogP contribution in [-0.2, 0) is 11.3 Å². The maximum absolute atomic E-state index is 12.3. The van der Waals surface area contributed by atoms with E-state index in [1.165, 1.54) is 29.6 Å². The lowest BCUT2D eigenvalue weighted by atomic mass is 9.86. The van der Waals surface area contributed by atoms with Crippen LogP contribution in [0.25, 0.3) is 11.4 Å². The number of rotatable bonds is 5. The number of carbonyl (C=O) groups excluding carboxylic acids is 1. The number of aromatic nitrogens is 4. The summed E-state index contributed by atoms with van der Waals surface area (Å²) < 4.78 is 0. The van der Waals surface area contributed by atoms with Crippen LogP contribution in [0.2, 0.25) is 0 Å². The Kier molecular flexibility index (Phi) is 5.46. The SMILES string of the molecule is CC(C)c1ccc(-c2nnn(CC(=O)N[C@H]3CCCC[C@H]3C)n2)cc1. The first-order chi connectivity index (χ1) is 12.0. The van der Waals surface area contributed by atoms with Gasteiger partial charge < -0.3 is 5.32 Å². The van der Waals surface area contributed by atoms with Crippen molar-refractivity contribution in [2.45, 2.75) is 65.0 Å². The summed E-state index contributed by atoms with van der Waals surface area (Å²) in [6, 6.07) is 8.43. The van der Waals surface area contributed by atoms with Gasteiger partial charge in [-0.3, -0.25) is 4.79 Å². The largest absolute Gasteiger partial charge is 0.351 e.